The molecule has 4 rings (SSSR count). The van der Waals surface area contributed by atoms with Crippen molar-refractivity contribution in [3.05, 3.63) is 71.8 Å². The minimum Gasteiger partial charge on any atom is -0.494 e. The Bertz CT molecular complexity index is 1490. The van der Waals surface area contributed by atoms with Crippen LogP contribution in [0.3, 0.4) is 0 Å². The zero-order valence-electron chi connectivity index (χ0n) is 25.6. The van der Waals surface area contributed by atoms with E-state index in [4.69, 9.17) is 4.74 Å². The van der Waals surface area contributed by atoms with E-state index in [0.717, 1.165) is 35.6 Å². The van der Waals surface area contributed by atoms with Gasteiger partial charge in [0.25, 0.3) is 0 Å². The summed E-state index contributed by atoms with van der Waals surface area (Å²) >= 11 is 0. The van der Waals surface area contributed by atoms with Crippen LogP contribution in [0, 0.1) is 22.9 Å². The fourth-order valence-electron chi connectivity index (χ4n) is 4.74. The second-order valence-corrected chi connectivity index (χ2v) is 22.4. The maximum atomic E-state index is 6.07. The predicted molar refractivity (Wildman–Crippen MR) is 180 cm³/mol. The topological polar surface area (TPSA) is 14.2 Å². The van der Waals surface area contributed by atoms with Crippen molar-refractivity contribution >= 4 is 38.0 Å². The van der Waals surface area contributed by atoms with Crippen molar-refractivity contribution in [2.24, 2.45) is 0 Å². The summed E-state index contributed by atoms with van der Waals surface area (Å²) in [7, 11) is -2.93. The van der Waals surface area contributed by atoms with Crippen molar-refractivity contribution in [1.82, 2.24) is 4.57 Å². The predicted octanol–water partition coefficient (Wildman–Crippen LogP) is 9.98. The van der Waals surface area contributed by atoms with Crippen LogP contribution in [-0.2, 0) is 0 Å². The van der Waals surface area contributed by atoms with Gasteiger partial charge in [0.05, 0.1) is 17.6 Å². The Morgan fingerprint density at radius 2 is 1.12 bits per heavy atom. The van der Waals surface area contributed by atoms with Gasteiger partial charge in [0, 0.05) is 27.6 Å². The molecule has 0 aliphatic carbocycles. The lowest BCUT2D eigenvalue weighted by atomic mass is 10.1. The van der Waals surface area contributed by atoms with Gasteiger partial charge in [-0.2, -0.15) is 0 Å². The molecule has 0 radical (unpaired) electrons. The SMILES string of the molecule is CCCCCCCCOc1ccc(-n2c3ccc(C#C[Si](C)(C)C)cc3c3cc(C#C[Si](C)(C)C)ccc32)cc1. The van der Waals surface area contributed by atoms with Gasteiger partial charge in [-0.1, -0.05) is 90.2 Å². The first-order chi connectivity index (χ1) is 19.0. The Kier molecular flexibility index (Phi) is 9.67. The highest BCUT2D eigenvalue weighted by atomic mass is 28.3. The van der Waals surface area contributed by atoms with E-state index >= 15 is 0 Å². The van der Waals surface area contributed by atoms with E-state index in [1.54, 1.807) is 0 Å². The van der Waals surface area contributed by atoms with E-state index in [9.17, 15) is 0 Å². The molecule has 2 nitrogen and oxygen atoms in total. The summed E-state index contributed by atoms with van der Waals surface area (Å²) in [4.78, 5) is 0. The Morgan fingerprint density at radius 1 is 0.625 bits per heavy atom. The van der Waals surface area contributed by atoms with Crippen LogP contribution in [0.15, 0.2) is 60.7 Å². The van der Waals surface area contributed by atoms with Gasteiger partial charge in [0.1, 0.15) is 21.9 Å². The molecule has 0 bridgehead atoms. The molecule has 208 valence electrons. The smallest absolute Gasteiger partial charge is 0.129 e. The number of aromatic nitrogens is 1. The van der Waals surface area contributed by atoms with E-state index < -0.39 is 16.1 Å². The first-order valence-electron chi connectivity index (χ1n) is 14.9. The normalized spacial score (nSPS) is 11.7. The molecule has 0 fully saturated rings. The van der Waals surface area contributed by atoms with E-state index in [-0.39, 0.29) is 0 Å². The first-order valence-corrected chi connectivity index (χ1v) is 21.9. The molecule has 0 aliphatic rings. The number of unbranched alkanes of at least 4 members (excludes halogenated alkanes) is 5. The molecule has 0 saturated carbocycles. The third kappa shape index (κ3) is 8.17. The number of rotatable bonds is 9. The molecule has 0 aliphatic heterocycles. The maximum absolute atomic E-state index is 6.07. The van der Waals surface area contributed by atoms with Crippen LogP contribution in [0.1, 0.15) is 56.6 Å². The van der Waals surface area contributed by atoms with Gasteiger partial charge in [-0.25, -0.2) is 0 Å². The summed E-state index contributed by atoms with van der Waals surface area (Å²) in [5, 5.41) is 2.44. The average molecular weight is 564 g/mol. The van der Waals surface area contributed by atoms with Crippen LogP contribution in [-0.4, -0.2) is 27.3 Å². The zero-order valence-corrected chi connectivity index (χ0v) is 27.6. The lowest BCUT2D eigenvalue weighted by Gasteiger charge is -2.10. The molecule has 1 heterocycles. The number of nitrogens with zero attached hydrogens (tertiary/aromatic N) is 1. The summed E-state index contributed by atoms with van der Waals surface area (Å²) in [5.41, 5.74) is 12.7. The molecular weight excluding hydrogens is 519 g/mol. The molecule has 0 atom stereocenters. The minimum absolute atomic E-state index is 0.781. The van der Waals surface area contributed by atoms with Gasteiger partial charge in [0.15, 0.2) is 0 Å². The fraction of sp³-hybridized carbons (Fsp3) is 0.389. The third-order valence-corrected chi connectivity index (χ3v) is 8.54. The lowest BCUT2D eigenvalue weighted by Crippen LogP contribution is -2.16. The van der Waals surface area contributed by atoms with E-state index in [2.05, 4.69) is 134 Å². The van der Waals surface area contributed by atoms with Gasteiger partial charge in [0.2, 0.25) is 0 Å². The molecule has 0 N–H and O–H groups in total. The van der Waals surface area contributed by atoms with Gasteiger partial charge >= 0.3 is 0 Å². The highest BCUT2D eigenvalue weighted by Gasteiger charge is 2.14. The number of benzene rings is 3. The van der Waals surface area contributed by atoms with Crippen molar-refractivity contribution in [3.63, 3.8) is 0 Å². The number of hydrogen-bond donors (Lipinski definition) is 0. The van der Waals surface area contributed by atoms with Crippen LogP contribution in [0.5, 0.6) is 5.75 Å². The summed E-state index contributed by atoms with van der Waals surface area (Å²) in [6, 6.07) is 21.8. The molecule has 3 aromatic carbocycles. The number of hydrogen-bond acceptors (Lipinski definition) is 1. The largest absolute Gasteiger partial charge is 0.494 e. The van der Waals surface area contributed by atoms with Crippen LogP contribution in [0.4, 0.5) is 0 Å². The summed E-state index contributed by atoms with van der Waals surface area (Å²) < 4.78 is 8.42. The molecule has 0 saturated heterocycles. The number of ether oxygens (including phenoxy) is 1. The van der Waals surface area contributed by atoms with Crippen LogP contribution >= 0.6 is 0 Å². The van der Waals surface area contributed by atoms with Crippen molar-refractivity contribution in [2.75, 3.05) is 6.61 Å². The molecule has 4 heteroatoms. The van der Waals surface area contributed by atoms with E-state index in [1.807, 2.05) is 0 Å². The average Bonchev–Trinajstić information content (AvgIpc) is 3.23. The maximum Gasteiger partial charge on any atom is 0.129 e. The third-order valence-electron chi connectivity index (χ3n) is 6.79. The zero-order chi connectivity index (χ0) is 28.8. The Labute approximate surface area is 244 Å². The van der Waals surface area contributed by atoms with Gasteiger partial charge in [-0.05, 0) is 67.1 Å². The van der Waals surface area contributed by atoms with Gasteiger partial charge in [-0.3, -0.25) is 0 Å². The minimum atomic E-state index is -1.46. The number of fused-ring (bicyclic) bond motifs is 3. The molecule has 1 aromatic heterocycles. The van der Waals surface area contributed by atoms with Crippen LogP contribution in [0.2, 0.25) is 39.3 Å². The van der Waals surface area contributed by atoms with Crippen molar-refractivity contribution < 1.29 is 4.74 Å². The Hall–Kier alpha value is -3.19. The molecule has 4 aromatic rings. The molecule has 0 amide bonds. The highest BCUT2D eigenvalue weighted by molar-refractivity contribution is 6.84. The Morgan fingerprint density at radius 3 is 1.62 bits per heavy atom. The first kappa shape index (κ1) is 29.8. The van der Waals surface area contributed by atoms with Crippen molar-refractivity contribution in [1.29, 1.82) is 0 Å². The van der Waals surface area contributed by atoms with Gasteiger partial charge < -0.3 is 9.30 Å². The highest BCUT2D eigenvalue weighted by Crippen LogP contribution is 2.34. The molecule has 40 heavy (non-hydrogen) atoms. The van der Waals surface area contributed by atoms with E-state index in [0.29, 0.717) is 0 Å². The Balaban J connectivity index is 1.68. The molecule has 0 spiro atoms. The summed E-state index contributed by atoms with van der Waals surface area (Å²) in [6.45, 7) is 16.8. The lowest BCUT2D eigenvalue weighted by molar-refractivity contribution is 0.304. The quantitative estimate of drug-likeness (QED) is 0.112. The summed E-state index contributed by atoms with van der Waals surface area (Å²) in [6.07, 6.45) is 7.63. The fourth-order valence-corrected chi connectivity index (χ4v) is 5.78. The summed E-state index contributed by atoms with van der Waals surface area (Å²) in [5.74, 6) is 7.86. The monoisotopic (exact) mass is 563 g/mol. The van der Waals surface area contributed by atoms with Crippen molar-refractivity contribution in [2.45, 2.75) is 84.7 Å². The molecule has 0 unspecified atom stereocenters. The van der Waals surface area contributed by atoms with E-state index in [1.165, 1.54) is 53.9 Å². The second kappa shape index (κ2) is 13.0. The van der Waals surface area contributed by atoms with Crippen LogP contribution in [0.25, 0.3) is 27.5 Å². The van der Waals surface area contributed by atoms with Gasteiger partial charge in [-0.15, -0.1) is 11.1 Å². The molecular formula is C36H45NOSi2. The standard InChI is InChI=1S/C36H45NOSi2/c1-8-9-10-11-12-13-24-38-32-18-16-31(17-19-32)37-35-20-14-29(22-25-39(2,3)4)27-33(35)34-28-30(15-21-36(34)37)23-26-40(5,6)7/h14-21,27-28H,8-13,24H2,1-7H3. The second-order valence-electron chi connectivity index (χ2n) is 12.9. The van der Waals surface area contributed by atoms with Crippen molar-refractivity contribution in [3.8, 4) is 34.4 Å². The van der Waals surface area contributed by atoms with Crippen LogP contribution < -0.4 is 4.74 Å².